The summed E-state index contributed by atoms with van der Waals surface area (Å²) >= 11 is 0. The maximum absolute atomic E-state index is 13.2. The van der Waals surface area contributed by atoms with Gasteiger partial charge in [-0.15, -0.1) is 0 Å². The van der Waals surface area contributed by atoms with Crippen molar-refractivity contribution < 1.29 is 9.18 Å². The van der Waals surface area contributed by atoms with Crippen LogP contribution in [0.1, 0.15) is 27.0 Å². The minimum atomic E-state index is -0.345. The molecule has 0 aliphatic heterocycles. The summed E-state index contributed by atoms with van der Waals surface area (Å²) in [5.41, 5.74) is 8.26. The van der Waals surface area contributed by atoms with Crippen LogP contribution in [0, 0.1) is 24.1 Å². The Balaban J connectivity index is 2.07. The Morgan fingerprint density at radius 2 is 2.10 bits per heavy atom. The van der Waals surface area contributed by atoms with E-state index in [9.17, 15) is 9.18 Å². The minimum absolute atomic E-state index is 0.243. The molecule has 0 spiro atoms. The van der Waals surface area contributed by atoms with E-state index in [-0.39, 0.29) is 18.3 Å². The molecule has 0 atom stereocenters. The summed E-state index contributed by atoms with van der Waals surface area (Å²) in [5.74, 6) is -0.648. The van der Waals surface area contributed by atoms with Crippen molar-refractivity contribution in [1.29, 1.82) is 5.26 Å². The van der Waals surface area contributed by atoms with E-state index in [2.05, 4.69) is 5.32 Å². The van der Waals surface area contributed by atoms with Crippen molar-refractivity contribution in [3.05, 3.63) is 64.5 Å². The third-order valence-electron chi connectivity index (χ3n) is 3.13. The molecule has 0 aromatic heterocycles. The number of nitrogen functional groups attached to an aromatic ring is 1. The summed E-state index contributed by atoms with van der Waals surface area (Å²) in [7, 11) is 0. The minimum Gasteiger partial charge on any atom is -0.398 e. The van der Waals surface area contributed by atoms with Crippen molar-refractivity contribution in [2.45, 2.75) is 13.5 Å². The molecule has 0 unspecified atom stereocenters. The molecule has 4 nitrogen and oxygen atoms in total. The fourth-order valence-electron chi connectivity index (χ4n) is 1.89. The number of nitriles is 1. The number of nitrogens with one attached hydrogen (secondary N) is 1. The predicted octanol–water partition coefficient (Wildman–Crippen LogP) is 2.52. The van der Waals surface area contributed by atoms with Gasteiger partial charge in [0.15, 0.2) is 0 Å². The van der Waals surface area contributed by atoms with Gasteiger partial charge in [0.2, 0.25) is 0 Å². The largest absolute Gasteiger partial charge is 0.398 e. The summed E-state index contributed by atoms with van der Waals surface area (Å²) in [4.78, 5) is 12.0. The van der Waals surface area contributed by atoms with Gasteiger partial charge in [-0.1, -0.05) is 6.07 Å². The van der Waals surface area contributed by atoms with E-state index in [4.69, 9.17) is 11.0 Å². The zero-order chi connectivity index (χ0) is 15.4. The zero-order valence-electron chi connectivity index (χ0n) is 11.5. The van der Waals surface area contributed by atoms with Gasteiger partial charge in [-0.25, -0.2) is 4.39 Å². The number of nitrogens with zero attached hydrogens (tertiary/aromatic N) is 1. The lowest BCUT2D eigenvalue weighted by Gasteiger charge is -2.09. The number of hydrogen-bond acceptors (Lipinski definition) is 3. The molecule has 0 bridgehead atoms. The van der Waals surface area contributed by atoms with Gasteiger partial charge in [-0.05, 0) is 48.4 Å². The highest BCUT2D eigenvalue weighted by Crippen LogP contribution is 2.14. The number of carbonyl (C=O) groups excluding carboxylic acids is 1. The van der Waals surface area contributed by atoms with E-state index in [0.29, 0.717) is 22.4 Å². The lowest BCUT2D eigenvalue weighted by atomic mass is 10.1. The van der Waals surface area contributed by atoms with Gasteiger partial charge in [0.25, 0.3) is 5.91 Å². The Morgan fingerprint density at radius 3 is 2.71 bits per heavy atom. The van der Waals surface area contributed by atoms with E-state index < -0.39 is 0 Å². The highest BCUT2D eigenvalue weighted by molar-refractivity contribution is 5.94. The number of carbonyl (C=O) groups is 1. The monoisotopic (exact) mass is 283 g/mol. The average molecular weight is 283 g/mol. The lowest BCUT2D eigenvalue weighted by Crippen LogP contribution is -2.23. The molecule has 0 fully saturated rings. The fraction of sp³-hybridized carbons (Fsp3) is 0.125. The van der Waals surface area contributed by atoms with Crippen LogP contribution in [0.5, 0.6) is 0 Å². The van der Waals surface area contributed by atoms with Crippen molar-refractivity contribution >= 4 is 11.6 Å². The molecule has 0 radical (unpaired) electrons. The third kappa shape index (κ3) is 3.37. The van der Waals surface area contributed by atoms with Crippen LogP contribution in [0.15, 0.2) is 36.4 Å². The summed E-state index contributed by atoms with van der Waals surface area (Å²) in [6.07, 6.45) is 0. The summed E-state index contributed by atoms with van der Waals surface area (Å²) < 4.78 is 13.2. The molecule has 2 aromatic carbocycles. The van der Waals surface area contributed by atoms with Gasteiger partial charge in [0.1, 0.15) is 5.82 Å². The molecular formula is C16H14FN3O. The standard InChI is InChI=1S/C16H14FN3O/c1-10-6-12(4-5-14(10)17)16(21)20-9-13-3-2-11(8-18)7-15(13)19/h2-7H,9,19H2,1H3,(H,20,21). The molecule has 1 amide bonds. The number of halogens is 1. The quantitative estimate of drug-likeness (QED) is 0.849. The number of rotatable bonds is 3. The molecule has 106 valence electrons. The van der Waals surface area contributed by atoms with Gasteiger partial charge in [0.05, 0.1) is 11.6 Å². The fourth-order valence-corrected chi connectivity index (χ4v) is 1.89. The first kappa shape index (κ1) is 14.5. The van der Waals surface area contributed by atoms with Crippen LogP contribution < -0.4 is 11.1 Å². The molecule has 0 heterocycles. The van der Waals surface area contributed by atoms with Crippen LogP contribution in [-0.2, 0) is 6.54 Å². The Kier molecular flexibility index (Phi) is 4.19. The number of nitrogens with two attached hydrogens (primary N) is 1. The summed E-state index contributed by atoms with van der Waals surface area (Å²) in [6, 6.07) is 11.1. The first-order valence-electron chi connectivity index (χ1n) is 6.34. The van der Waals surface area contributed by atoms with Crippen LogP contribution in [-0.4, -0.2) is 5.91 Å². The Hall–Kier alpha value is -2.87. The van der Waals surface area contributed by atoms with Gasteiger partial charge in [-0.2, -0.15) is 5.26 Å². The first-order valence-corrected chi connectivity index (χ1v) is 6.34. The van der Waals surface area contributed by atoms with Crippen molar-refractivity contribution in [2.75, 3.05) is 5.73 Å². The van der Waals surface area contributed by atoms with Crippen LogP contribution in [0.3, 0.4) is 0 Å². The number of hydrogen-bond donors (Lipinski definition) is 2. The number of amides is 1. The Morgan fingerprint density at radius 1 is 1.33 bits per heavy atom. The first-order chi connectivity index (χ1) is 10.0. The maximum Gasteiger partial charge on any atom is 0.251 e. The molecular weight excluding hydrogens is 269 g/mol. The lowest BCUT2D eigenvalue weighted by molar-refractivity contribution is 0.0951. The number of aryl methyl sites for hydroxylation is 1. The van der Waals surface area contributed by atoms with Crippen LogP contribution in [0.4, 0.5) is 10.1 Å². The topological polar surface area (TPSA) is 78.9 Å². The second-order valence-electron chi connectivity index (χ2n) is 4.67. The van der Waals surface area contributed by atoms with E-state index >= 15 is 0 Å². The Bertz CT molecular complexity index is 735. The maximum atomic E-state index is 13.2. The van der Waals surface area contributed by atoms with Gasteiger partial charge in [-0.3, -0.25) is 4.79 Å². The van der Waals surface area contributed by atoms with Gasteiger partial charge in [0, 0.05) is 17.8 Å². The van der Waals surface area contributed by atoms with E-state index in [0.717, 1.165) is 5.56 Å². The molecule has 0 aliphatic carbocycles. The molecule has 2 aromatic rings. The second-order valence-corrected chi connectivity index (χ2v) is 4.67. The van der Waals surface area contributed by atoms with E-state index in [1.165, 1.54) is 18.2 Å². The van der Waals surface area contributed by atoms with Crippen molar-refractivity contribution in [2.24, 2.45) is 0 Å². The van der Waals surface area contributed by atoms with Crippen molar-refractivity contribution in [1.82, 2.24) is 5.32 Å². The molecule has 3 N–H and O–H groups in total. The highest BCUT2D eigenvalue weighted by Gasteiger charge is 2.08. The van der Waals surface area contributed by atoms with Crippen molar-refractivity contribution in [3.8, 4) is 6.07 Å². The van der Waals surface area contributed by atoms with Crippen LogP contribution in [0.2, 0.25) is 0 Å². The molecule has 2 rings (SSSR count). The second kappa shape index (κ2) is 6.06. The normalized spacial score (nSPS) is 9.95. The molecule has 21 heavy (non-hydrogen) atoms. The zero-order valence-corrected chi connectivity index (χ0v) is 11.5. The predicted molar refractivity (Wildman–Crippen MR) is 77.9 cm³/mol. The van der Waals surface area contributed by atoms with E-state index in [1.54, 1.807) is 25.1 Å². The van der Waals surface area contributed by atoms with Gasteiger partial charge < -0.3 is 11.1 Å². The molecule has 5 heteroatoms. The summed E-state index contributed by atoms with van der Waals surface area (Å²) in [6.45, 7) is 1.84. The average Bonchev–Trinajstić information content (AvgIpc) is 2.48. The van der Waals surface area contributed by atoms with Crippen molar-refractivity contribution in [3.63, 3.8) is 0 Å². The number of anilines is 1. The number of benzene rings is 2. The molecule has 0 saturated heterocycles. The smallest absolute Gasteiger partial charge is 0.251 e. The van der Waals surface area contributed by atoms with Crippen LogP contribution in [0.25, 0.3) is 0 Å². The van der Waals surface area contributed by atoms with E-state index in [1.807, 2.05) is 6.07 Å². The molecule has 0 saturated carbocycles. The highest BCUT2D eigenvalue weighted by atomic mass is 19.1. The summed E-state index contributed by atoms with van der Waals surface area (Å²) in [5, 5.41) is 11.5. The molecule has 0 aliphatic rings. The SMILES string of the molecule is Cc1cc(C(=O)NCc2ccc(C#N)cc2N)ccc1F. The Labute approximate surface area is 122 Å². The van der Waals surface area contributed by atoms with Crippen LogP contribution >= 0.6 is 0 Å². The third-order valence-corrected chi connectivity index (χ3v) is 3.13. The van der Waals surface area contributed by atoms with Gasteiger partial charge >= 0.3 is 0 Å².